The van der Waals surface area contributed by atoms with Crippen molar-refractivity contribution < 1.29 is 5.11 Å². The molecule has 2 rings (SSSR count). The Morgan fingerprint density at radius 2 is 1.79 bits per heavy atom. The van der Waals surface area contributed by atoms with Gasteiger partial charge in [0, 0.05) is 12.2 Å². The van der Waals surface area contributed by atoms with Crippen molar-refractivity contribution in [1.82, 2.24) is 0 Å². The van der Waals surface area contributed by atoms with E-state index in [0.29, 0.717) is 17.1 Å². The molecule has 3 nitrogen and oxygen atoms in total. The van der Waals surface area contributed by atoms with Gasteiger partial charge in [-0.3, -0.25) is 0 Å². The molecule has 0 aliphatic carbocycles. The Balaban J connectivity index is 2.04. The van der Waals surface area contributed by atoms with Crippen molar-refractivity contribution in [2.75, 3.05) is 5.32 Å². The van der Waals surface area contributed by atoms with E-state index in [1.807, 2.05) is 36.4 Å². The number of nitrogens with one attached hydrogen (secondary N) is 1. The number of hydrogen-bond donors (Lipinski definition) is 2. The van der Waals surface area contributed by atoms with E-state index in [1.54, 1.807) is 12.1 Å². The van der Waals surface area contributed by atoms with Crippen molar-refractivity contribution in [3.8, 4) is 6.07 Å². The monoisotopic (exact) mass is 272 g/mol. The van der Waals surface area contributed by atoms with Crippen LogP contribution >= 0.6 is 11.6 Å². The summed E-state index contributed by atoms with van der Waals surface area (Å²) < 4.78 is 0. The summed E-state index contributed by atoms with van der Waals surface area (Å²) in [6.07, 6.45) is 0. The van der Waals surface area contributed by atoms with Crippen molar-refractivity contribution >= 4 is 17.3 Å². The minimum Gasteiger partial charge on any atom is -0.392 e. The van der Waals surface area contributed by atoms with E-state index in [9.17, 15) is 0 Å². The molecule has 2 N–H and O–H groups in total. The molecule has 0 heterocycles. The van der Waals surface area contributed by atoms with Crippen molar-refractivity contribution in [2.45, 2.75) is 13.2 Å². The van der Waals surface area contributed by atoms with Crippen LogP contribution in [0.15, 0.2) is 42.5 Å². The molecular formula is C15H13ClN2O. The number of benzene rings is 2. The van der Waals surface area contributed by atoms with Gasteiger partial charge < -0.3 is 10.4 Å². The van der Waals surface area contributed by atoms with Crippen LogP contribution in [0.1, 0.15) is 16.7 Å². The van der Waals surface area contributed by atoms with Crippen LogP contribution in [0.2, 0.25) is 5.02 Å². The van der Waals surface area contributed by atoms with E-state index < -0.39 is 0 Å². The molecule has 0 radical (unpaired) electrons. The molecule has 96 valence electrons. The van der Waals surface area contributed by atoms with Crippen LogP contribution in [0.3, 0.4) is 0 Å². The largest absolute Gasteiger partial charge is 0.392 e. The number of anilines is 1. The molecule has 0 saturated heterocycles. The number of aliphatic hydroxyl groups excluding tert-OH is 1. The molecule has 4 heteroatoms. The minimum atomic E-state index is 0.0520. The molecule has 0 unspecified atom stereocenters. The average Bonchev–Trinajstić information content (AvgIpc) is 2.47. The van der Waals surface area contributed by atoms with Crippen LogP contribution in [0.5, 0.6) is 0 Å². The summed E-state index contributed by atoms with van der Waals surface area (Å²) in [4.78, 5) is 0. The fourth-order valence-corrected chi connectivity index (χ4v) is 1.85. The Labute approximate surface area is 117 Å². The van der Waals surface area contributed by atoms with Gasteiger partial charge in [0.2, 0.25) is 0 Å². The third kappa shape index (κ3) is 3.47. The molecule has 2 aromatic rings. The van der Waals surface area contributed by atoms with E-state index in [4.69, 9.17) is 22.0 Å². The topological polar surface area (TPSA) is 56.0 Å². The van der Waals surface area contributed by atoms with Crippen molar-refractivity contribution in [2.24, 2.45) is 0 Å². The Morgan fingerprint density at radius 3 is 2.42 bits per heavy atom. The number of rotatable bonds is 4. The Kier molecular flexibility index (Phi) is 4.40. The zero-order chi connectivity index (χ0) is 13.7. The second-order valence-corrected chi connectivity index (χ2v) is 4.54. The highest BCUT2D eigenvalue weighted by atomic mass is 35.5. The molecule has 0 fully saturated rings. The average molecular weight is 273 g/mol. The van der Waals surface area contributed by atoms with E-state index in [1.165, 1.54) is 0 Å². The van der Waals surface area contributed by atoms with Crippen LogP contribution in [0, 0.1) is 11.3 Å². The third-order valence-electron chi connectivity index (χ3n) is 2.79. The van der Waals surface area contributed by atoms with Crippen LogP contribution in [-0.2, 0) is 13.2 Å². The summed E-state index contributed by atoms with van der Waals surface area (Å²) in [5, 5.41) is 21.5. The standard InChI is InChI=1S/C15H13ClN2O/c16-15-6-5-14(7-13(15)8-17)18-9-11-1-3-12(10-19)4-2-11/h1-7,18-19H,9-10H2. The lowest BCUT2D eigenvalue weighted by atomic mass is 10.1. The lowest BCUT2D eigenvalue weighted by Crippen LogP contribution is -2.00. The Bertz CT molecular complexity index is 603. The van der Waals surface area contributed by atoms with Gasteiger partial charge in [0.25, 0.3) is 0 Å². The fraction of sp³-hybridized carbons (Fsp3) is 0.133. The first-order valence-electron chi connectivity index (χ1n) is 5.85. The molecule has 0 saturated carbocycles. The third-order valence-corrected chi connectivity index (χ3v) is 3.12. The summed E-state index contributed by atoms with van der Waals surface area (Å²) in [5.41, 5.74) is 3.31. The second kappa shape index (κ2) is 6.24. The van der Waals surface area contributed by atoms with Crippen LogP contribution < -0.4 is 5.32 Å². The van der Waals surface area contributed by atoms with Gasteiger partial charge in [-0.1, -0.05) is 35.9 Å². The number of hydrogen-bond acceptors (Lipinski definition) is 3. The van der Waals surface area contributed by atoms with Crippen LogP contribution in [0.4, 0.5) is 5.69 Å². The van der Waals surface area contributed by atoms with E-state index in [-0.39, 0.29) is 6.61 Å². The van der Waals surface area contributed by atoms with Gasteiger partial charge in [0.15, 0.2) is 0 Å². The van der Waals surface area contributed by atoms with Crippen molar-refractivity contribution in [3.05, 3.63) is 64.2 Å². The maximum atomic E-state index is 8.96. The fourth-order valence-electron chi connectivity index (χ4n) is 1.69. The zero-order valence-electron chi connectivity index (χ0n) is 10.2. The predicted octanol–water partition coefficient (Wildman–Crippen LogP) is 3.32. The molecular weight excluding hydrogens is 260 g/mol. The second-order valence-electron chi connectivity index (χ2n) is 4.13. The lowest BCUT2D eigenvalue weighted by molar-refractivity contribution is 0.282. The first kappa shape index (κ1) is 13.4. The first-order chi connectivity index (χ1) is 9.22. The Hall–Kier alpha value is -2.02. The van der Waals surface area contributed by atoms with Crippen LogP contribution in [0.25, 0.3) is 0 Å². The van der Waals surface area contributed by atoms with Crippen molar-refractivity contribution in [3.63, 3.8) is 0 Å². The smallest absolute Gasteiger partial charge is 0.101 e. The summed E-state index contributed by atoms with van der Waals surface area (Å²) in [6.45, 7) is 0.703. The number of aliphatic hydroxyl groups is 1. The van der Waals surface area contributed by atoms with Gasteiger partial charge >= 0.3 is 0 Å². The highest BCUT2D eigenvalue weighted by Crippen LogP contribution is 2.20. The molecule has 0 amide bonds. The van der Waals surface area contributed by atoms with Crippen LogP contribution in [-0.4, -0.2) is 5.11 Å². The van der Waals surface area contributed by atoms with E-state index in [2.05, 4.69) is 5.32 Å². The molecule has 0 aliphatic heterocycles. The quantitative estimate of drug-likeness (QED) is 0.898. The summed E-state index contributed by atoms with van der Waals surface area (Å²) in [6, 6.07) is 15.0. The Morgan fingerprint density at radius 1 is 1.11 bits per heavy atom. The molecule has 19 heavy (non-hydrogen) atoms. The van der Waals surface area contributed by atoms with Gasteiger partial charge in [-0.15, -0.1) is 0 Å². The molecule has 0 aliphatic rings. The summed E-state index contributed by atoms with van der Waals surface area (Å²) in [5.74, 6) is 0. The normalized spacial score (nSPS) is 9.95. The molecule has 0 bridgehead atoms. The predicted molar refractivity (Wildman–Crippen MR) is 75.9 cm³/mol. The SMILES string of the molecule is N#Cc1cc(NCc2ccc(CO)cc2)ccc1Cl. The lowest BCUT2D eigenvalue weighted by Gasteiger charge is -2.08. The zero-order valence-corrected chi connectivity index (χ0v) is 11.0. The molecule has 0 aromatic heterocycles. The summed E-state index contributed by atoms with van der Waals surface area (Å²) >= 11 is 5.87. The highest BCUT2D eigenvalue weighted by Gasteiger charge is 2.01. The maximum absolute atomic E-state index is 8.96. The van der Waals surface area contributed by atoms with Gasteiger partial charge in [-0.2, -0.15) is 5.26 Å². The first-order valence-corrected chi connectivity index (χ1v) is 6.23. The maximum Gasteiger partial charge on any atom is 0.101 e. The van der Waals surface area contributed by atoms with Gasteiger partial charge in [0.05, 0.1) is 17.2 Å². The number of nitriles is 1. The van der Waals surface area contributed by atoms with Gasteiger partial charge in [-0.05, 0) is 29.3 Å². The van der Waals surface area contributed by atoms with E-state index >= 15 is 0 Å². The highest BCUT2D eigenvalue weighted by molar-refractivity contribution is 6.31. The van der Waals surface area contributed by atoms with Gasteiger partial charge in [-0.25, -0.2) is 0 Å². The number of nitrogens with zero attached hydrogens (tertiary/aromatic N) is 1. The van der Waals surface area contributed by atoms with E-state index in [0.717, 1.165) is 16.8 Å². The van der Waals surface area contributed by atoms with Gasteiger partial charge in [0.1, 0.15) is 6.07 Å². The summed E-state index contributed by atoms with van der Waals surface area (Å²) in [7, 11) is 0. The molecule has 2 aromatic carbocycles. The van der Waals surface area contributed by atoms with Crippen molar-refractivity contribution in [1.29, 1.82) is 5.26 Å². The minimum absolute atomic E-state index is 0.0520. The molecule has 0 atom stereocenters. The molecule has 0 spiro atoms. The number of halogens is 1.